The van der Waals surface area contributed by atoms with Crippen molar-refractivity contribution in [2.24, 2.45) is 10.2 Å². The Balaban J connectivity index is 4.68. The van der Waals surface area contributed by atoms with E-state index in [0.717, 1.165) is 0 Å². The highest BCUT2D eigenvalue weighted by Gasteiger charge is 2.33. The third-order valence-corrected chi connectivity index (χ3v) is 0.842. The van der Waals surface area contributed by atoms with E-state index in [0.29, 0.717) is 11.8 Å². The predicted octanol–water partition coefficient (Wildman–Crippen LogP) is 2.57. The average Bonchev–Trinajstić information content (AvgIpc) is 1.85. The summed E-state index contributed by atoms with van der Waals surface area (Å²) in [5.74, 6) is 0. The summed E-state index contributed by atoms with van der Waals surface area (Å²) >= 11 is 0. The lowest BCUT2D eigenvalue weighted by Crippen LogP contribution is -2.20. The Morgan fingerprint density at radius 2 is 1.75 bits per heavy atom. The van der Waals surface area contributed by atoms with Crippen LogP contribution in [-0.4, -0.2) is 17.6 Å². The SMILES string of the molecule is C=C/C(=N\N=C(C)C)C(F)(F)F. The summed E-state index contributed by atoms with van der Waals surface area (Å²) in [6.45, 7) is 6.10. The topological polar surface area (TPSA) is 24.7 Å². The van der Waals surface area contributed by atoms with Crippen molar-refractivity contribution in [3.8, 4) is 0 Å². The van der Waals surface area contributed by atoms with Crippen molar-refractivity contribution in [2.75, 3.05) is 0 Å². The van der Waals surface area contributed by atoms with Crippen LogP contribution in [-0.2, 0) is 0 Å². The molecule has 0 aliphatic rings. The number of alkyl halides is 3. The summed E-state index contributed by atoms with van der Waals surface area (Å²) in [5.41, 5.74) is -0.623. The summed E-state index contributed by atoms with van der Waals surface area (Å²) < 4.78 is 35.7. The molecule has 0 radical (unpaired) electrons. The fourth-order valence-electron chi connectivity index (χ4n) is 0.367. The van der Waals surface area contributed by atoms with E-state index in [4.69, 9.17) is 0 Å². The van der Waals surface area contributed by atoms with E-state index >= 15 is 0 Å². The molecule has 0 rings (SSSR count). The van der Waals surface area contributed by atoms with Crippen LogP contribution < -0.4 is 0 Å². The van der Waals surface area contributed by atoms with Crippen LogP contribution in [0.5, 0.6) is 0 Å². The normalized spacial score (nSPS) is 12.6. The van der Waals surface area contributed by atoms with Gasteiger partial charge in [0.1, 0.15) is 0 Å². The van der Waals surface area contributed by atoms with Crippen molar-refractivity contribution in [3.05, 3.63) is 12.7 Å². The maximum Gasteiger partial charge on any atom is 0.435 e. The zero-order valence-electron chi connectivity index (χ0n) is 6.81. The van der Waals surface area contributed by atoms with Crippen molar-refractivity contribution in [1.29, 1.82) is 0 Å². The molecule has 0 aromatic heterocycles. The zero-order valence-corrected chi connectivity index (χ0v) is 6.81. The van der Waals surface area contributed by atoms with Crippen LogP contribution in [0, 0.1) is 0 Å². The first-order valence-corrected chi connectivity index (χ1v) is 3.16. The van der Waals surface area contributed by atoms with Gasteiger partial charge in [0.2, 0.25) is 0 Å². The maximum absolute atomic E-state index is 11.9. The standard InChI is InChI=1S/C7H9F3N2/c1-4-6(7(8,9)10)12-11-5(2)3/h4H,1H2,2-3H3/b12-6+. The molecular formula is C7H9F3N2. The molecule has 0 fully saturated rings. The Labute approximate surface area is 68.5 Å². The van der Waals surface area contributed by atoms with Gasteiger partial charge in [0, 0.05) is 5.71 Å². The maximum atomic E-state index is 11.9. The number of hydrogen-bond acceptors (Lipinski definition) is 2. The molecule has 0 aromatic rings. The lowest BCUT2D eigenvalue weighted by atomic mass is 10.4. The van der Waals surface area contributed by atoms with E-state index in [2.05, 4.69) is 16.8 Å². The fourth-order valence-corrected chi connectivity index (χ4v) is 0.367. The molecule has 12 heavy (non-hydrogen) atoms. The minimum absolute atomic E-state index is 0.457. The Morgan fingerprint density at radius 1 is 1.25 bits per heavy atom. The Hall–Kier alpha value is -1.13. The van der Waals surface area contributed by atoms with Crippen LogP contribution in [0.2, 0.25) is 0 Å². The molecule has 0 bridgehead atoms. The van der Waals surface area contributed by atoms with Gasteiger partial charge in [0.15, 0.2) is 5.71 Å². The van der Waals surface area contributed by atoms with Gasteiger partial charge >= 0.3 is 6.18 Å². The minimum Gasteiger partial charge on any atom is -0.164 e. The van der Waals surface area contributed by atoms with Crippen molar-refractivity contribution < 1.29 is 13.2 Å². The number of nitrogens with zero attached hydrogens (tertiary/aromatic N) is 2. The summed E-state index contributed by atoms with van der Waals surface area (Å²) in [6.07, 6.45) is -3.84. The van der Waals surface area contributed by atoms with E-state index in [1.807, 2.05) is 0 Å². The molecule has 2 nitrogen and oxygen atoms in total. The summed E-state index contributed by atoms with van der Waals surface area (Å²) in [5, 5.41) is 6.25. The van der Waals surface area contributed by atoms with E-state index in [1.54, 1.807) is 13.8 Å². The van der Waals surface area contributed by atoms with Gasteiger partial charge in [-0.25, -0.2) is 0 Å². The highest BCUT2D eigenvalue weighted by Crippen LogP contribution is 2.17. The van der Waals surface area contributed by atoms with Gasteiger partial charge in [-0.3, -0.25) is 0 Å². The van der Waals surface area contributed by atoms with E-state index in [-0.39, 0.29) is 0 Å². The van der Waals surface area contributed by atoms with Crippen molar-refractivity contribution >= 4 is 11.4 Å². The number of hydrogen-bond donors (Lipinski definition) is 0. The van der Waals surface area contributed by atoms with E-state index < -0.39 is 11.9 Å². The van der Waals surface area contributed by atoms with Gasteiger partial charge in [0.25, 0.3) is 0 Å². The second-order valence-electron chi connectivity index (χ2n) is 2.23. The minimum atomic E-state index is -4.47. The quantitative estimate of drug-likeness (QED) is 0.458. The molecule has 0 saturated heterocycles. The molecule has 0 aromatic carbocycles. The van der Waals surface area contributed by atoms with Crippen LogP contribution in [0.4, 0.5) is 13.2 Å². The monoisotopic (exact) mass is 178 g/mol. The Kier molecular flexibility index (Phi) is 3.66. The highest BCUT2D eigenvalue weighted by atomic mass is 19.4. The molecule has 0 aliphatic carbocycles. The Bertz CT molecular complexity index is 221. The molecule has 0 atom stereocenters. The van der Waals surface area contributed by atoms with Gasteiger partial charge in [-0.1, -0.05) is 6.58 Å². The second kappa shape index (κ2) is 4.04. The molecular weight excluding hydrogens is 169 g/mol. The van der Waals surface area contributed by atoms with Crippen LogP contribution in [0.1, 0.15) is 13.8 Å². The molecule has 0 heterocycles. The van der Waals surface area contributed by atoms with Crippen LogP contribution in [0.25, 0.3) is 0 Å². The number of rotatable bonds is 2. The molecule has 5 heteroatoms. The van der Waals surface area contributed by atoms with Crippen molar-refractivity contribution in [3.63, 3.8) is 0 Å². The first-order valence-electron chi connectivity index (χ1n) is 3.16. The van der Waals surface area contributed by atoms with Crippen LogP contribution >= 0.6 is 0 Å². The molecule has 0 saturated carbocycles. The largest absolute Gasteiger partial charge is 0.435 e. The van der Waals surface area contributed by atoms with Gasteiger partial charge in [0.05, 0.1) is 0 Å². The van der Waals surface area contributed by atoms with Gasteiger partial charge in [-0.15, -0.1) is 5.10 Å². The zero-order chi connectivity index (χ0) is 9.78. The summed E-state index contributed by atoms with van der Waals surface area (Å²) in [4.78, 5) is 0. The van der Waals surface area contributed by atoms with Gasteiger partial charge in [-0.2, -0.15) is 18.3 Å². The third kappa shape index (κ3) is 3.90. The fraction of sp³-hybridized carbons (Fsp3) is 0.429. The molecule has 0 unspecified atom stereocenters. The van der Waals surface area contributed by atoms with E-state index in [9.17, 15) is 13.2 Å². The smallest absolute Gasteiger partial charge is 0.164 e. The summed E-state index contributed by atoms with van der Waals surface area (Å²) in [6, 6.07) is 0. The predicted molar refractivity (Wildman–Crippen MR) is 42.5 cm³/mol. The molecule has 68 valence electrons. The highest BCUT2D eigenvalue weighted by molar-refractivity contribution is 5.99. The Morgan fingerprint density at radius 3 is 2.00 bits per heavy atom. The molecule has 0 spiro atoms. The summed E-state index contributed by atoms with van der Waals surface area (Å²) in [7, 11) is 0. The average molecular weight is 178 g/mol. The number of halogens is 3. The third-order valence-electron chi connectivity index (χ3n) is 0.842. The van der Waals surface area contributed by atoms with Crippen molar-refractivity contribution in [1.82, 2.24) is 0 Å². The van der Waals surface area contributed by atoms with Gasteiger partial charge < -0.3 is 0 Å². The first-order chi connectivity index (χ1) is 5.38. The van der Waals surface area contributed by atoms with Gasteiger partial charge in [-0.05, 0) is 19.9 Å². The van der Waals surface area contributed by atoms with Crippen LogP contribution in [0.3, 0.4) is 0 Å². The second-order valence-corrected chi connectivity index (χ2v) is 2.23. The van der Waals surface area contributed by atoms with E-state index in [1.165, 1.54) is 0 Å². The lowest BCUT2D eigenvalue weighted by Gasteiger charge is -2.02. The molecule has 0 N–H and O–H groups in total. The lowest BCUT2D eigenvalue weighted by molar-refractivity contribution is -0.0578. The molecule has 0 aliphatic heterocycles. The molecule has 0 amide bonds. The van der Waals surface area contributed by atoms with Crippen LogP contribution in [0.15, 0.2) is 22.9 Å². The van der Waals surface area contributed by atoms with Crippen molar-refractivity contribution in [2.45, 2.75) is 20.0 Å². The first kappa shape index (κ1) is 10.9. The number of allylic oxidation sites excluding steroid dienone is 1.